The number of benzene rings is 1. The zero-order valence-corrected chi connectivity index (χ0v) is 23.3. The van der Waals surface area contributed by atoms with E-state index in [4.69, 9.17) is 8.92 Å². The number of unbranched alkanes of at least 4 members (excludes halogenated alkanes) is 15. The number of rotatable bonds is 24. The van der Waals surface area contributed by atoms with E-state index in [0.717, 1.165) is 18.4 Å². The Morgan fingerprint density at radius 2 is 1.17 bits per heavy atom. The first-order valence-electron chi connectivity index (χ1n) is 14.2. The fourth-order valence-corrected chi connectivity index (χ4v) is 5.04. The molecule has 0 aliphatic carbocycles. The molecule has 1 aromatic rings. The van der Waals surface area contributed by atoms with Crippen molar-refractivity contribution < 1.29 is 22.4 Å². The Hall–Kier alpha value is -0.950. The van der Waals surface area contributed by atoms with E-state index in [-0.39, 0.29) is 24.5 Å². The highest BCUT2D eigenvalue weighted by Crippen LogP contribution is 2.15. The molecular weight excluding hydrogens is 460 g/mol. The average molecular weight is 513 g/mol. The Labute approximate surface area is 216 Å². The highest BCUT2D eigenvalue weighted by molar-refractivity contribution is 7.86. The number of aliphatic hydroxyl groups is 1. The lowest BCUT2D eigenvalue weighted by Gasteiger charge is -2.12. The van der Waals surface area contributed by atoms with Gasteiger partial charge < -0.3 is 9.84 Å². The minimum absolute atomic E-state index is 0.0558. The van der Waals surface area contributed by atoms with Crippen LogP contribution < -0.4 is 0 Å². The van der Waals surface area contributed by atoms with Crippen molar-refractivity contribution in [3.63, 3.8) is 0 Å². The molecule has 204 valence electrons. The lowest BCUT2D eigenvalue weighted by atomic mass is 10.0. The van der Waals surface area contributed by atoms with Crippen molar-refractivity contribution in [3.8, 4) is 0 Å². The SMILES string of the molecule is CCCCCCCCCCCCCCCCCCOCC(O)CCOS(=O)(=O)c1ccc(C)cc1. The summed E-state index contributed by atoms with van der Waals surface area (Å²) in [7, 11) is -3.78. The third kappa shape index (κ3) is 18.0. The van der Waals surface area contributed by atoms with Crippen molar-refractivity contribution in [1.29, 1.82) is 0 Å². The Bertz CT molecular complexity index is 702. The smallest absolute Gasteiger partial charge is 0.296 e. The summed E-state index contributed by atoms with van der Waals surface area (Å²) in [5.41, 5.74) is 0.987. The van der Waals surface area contributed by atoms with Gasteiger partial charge in [0.05, 0.1) is 24.2 Å². The van der Waals surface area contributed by atoms with Crippen LogP contribution in [0.2, 0.25) is 0 Å². The van der Waals surface area contributed by atoms with Gasteiger partial charge in [-0.2, -0.15) is 8.42 Å². The number of hydrogen-bond donors (Lipinski definition) is 1. The highest BCUT2D eigenvalue weighted by Gasteiger charge is 2.15. The van der Waals surface area contributed by atoms with Crippen molar-refractivity contribution in [2.24, 2.45) is 0 Å². The number of aliphatic hydroxyl groups excluding tert-OH is 1. The largest absolute Gasteiger partial charge is 0.391 e. The van der Waals surface area contributed by atoms with E-state index >= 15 is 0 Å². The first-order valence-corrected chi connectivity index (χ1v) is 15.6. The minimum atomic E-state index is -3.78. The number of aryl methyl sites for hydroxylation is 1. The van der Waals surface area contributed by atoms with Crippen LogP contribution in [0, 0.1) is 6.92 Å². The summed E-state index contributed by atoms with van der Waals surface area (Å²) in [5, 5.41) is 9.99. The summed E-state index contributed by atoms with van der Waals surface area (Å²) in [4.78, 5) is 0.136. The number of ether oxygens (including phenoxy) is 1. The first kappa shape index (κ1) is 32.1. The molecule has 35 heavy (non-hydrogen) atoms. The van der Waals surface area contributed by atoms with Gasteiger partial charge in [0.15, 0.2) is 0 Å². The van der Waals surface area contributed by atoms with Gasteiger partial charge in [0.25, 0.3) is 10.1 Å². The zero-order valence-electron chi connectivity index (χ0n) is 22.5. The fraction of sp³-hybridized carbons (Fsp3) is 0.793. The van der Waals surface area contributed by atoms with Crippen molar-refractivity contribution >= 4 is 10.1 Å². The van der Waals surface area contributed by atoms with Crippen molar-refractivity contribution in [2.75, 3.05) is 19.8 Å². The molecule has 0 fully saturated rings. The van der Waals surface area contributed by atoms with E-state index in [2.05, 4.69) is 6.92 Å². The topological polar surface area (TPSA) is 72.8 Å². The Morgan fingerprint density at radius 1 is 0.714 bits per heavy atom. The Morgan fingerprint density at radius 3 is 1.66 bits per heavy atom. The van der Waals surface area contributed by atoms with Gasteiger partial charge in [-0.15, -0.1) is 0 Å². The van der Waals surface area contributed by atoms with E-state index < -0.39 is 16.2 Å². The molecule has 0 saturated carbocycles. The molecule has 1 atom stereocenters. The maximum atomic E-state index is 12.1. The van der Waals surface area contributed by atoms with Gasteiger partial charge in [0, 0.05) is 13.0 Å². The van der Waals surface area contributed by atoms with Crippen LogP contribution in [-0.2, 0) is 19.0 Å². The van der Waals surface area contributed by atoms with Crippen molar-refractivity contribution in [3.05, 3.63) is 29.8 Å². The van der Waals surface area contributed by atoms with E-state index in [0.29, 0.717) is 6.61 Å². The van der Waals surface area contributed by atoms with Gasteiger partial charge in [0.1, 0.15) is 0 Å². The molecule has 0 bridgehead atoms. The maximum absolute atomic E-state index is 12.1. The molecule has 0 aromatic heterocycles. The highest BCUT2D eigenvalue weighted by atomic mass is 32.2. The minimum Gasteiger partial charge on any atom is -0.391 e. The normalized spacial score (nSPS) is 12.8. The molecule has 5 nitrogen and oxygen atoms in total. The van der Waals surface area contributed by atoms with Crippen LogP contribution in [0.3, 0.4) is 0 Å². The third-order valence-electron chi connectivity index (χ3n) is 6.45. The molecule has 0 aliphatic rings. The van der Waals surface area contributed by atoms with E-state index in [1.807, 2.05) is 6.92 Å². The summed E-state index contributed by atoms with van der Waals surface area (Å²) < 4.78 is 34.8. The van der Waals surface area contributed by atoms with Crippen LogP contribution in [0.15, 0.2) is 29.2 Å². The summed E-state index contributed by atoms with van der Waals surface area (Å²) >= 11 is 0. The van der Waals surface area contributed by atoms with Crippen LogP contribution in [0.1, 0.15) is 122 Å². The molecule has 0 amide bonds. The summed E-state index contributed by atoms with van der Waals surface area (Å²) in [6, 6.07) is 6.53. The van der Waals surface area contributed by atoms with Gasteiger partial charge >= 0.3 is 0 Å². The molecule has 0 aliphatic heterocycles. The molecule has 1 rings (SSSR count). The first-order chi connectivity index (χ1) is 17.0. The van der Waals surface area contributed by atoms with Gasteiger partial charge in [0.2, 0.25) is 0 Å². The maximum Gasteiger partial charge on any atom is 0.296 e. The molecule has 0 spiro atoms. The van der Waals surface area contributed by atoms with Crippen LogP contribution in [0.5, 0.6) is 0 Å². The second-order valence-corrected chi connectivity index (χ2v) is 11.5. The van der Waals surface area contributed by atoms with E-state index in [9.17, 15) is 13.5 Å². The molecule has 1 aromatic carbocycles. The fourth-order valence-electron chi connectivity index (χ4n) is 4.12. The van der Waals surface area contributed by atoms with Gasteiger partial charge in [-0.1, -0.05) is 121 Å². The monoisotopic (exact) mass is 512 g/mol. The lowest BCUT2D eigenvalue weighted by Crippen LogP contribution is -2.19. The van der Waals surface area contributed by atoms with Gasteiger partial charge in [-0.25, -0.2) is 0 Å². The predicted octanol–water partition coefficient (Wildman–Crippen LogP) is 7.73. The summed E-state index contributed by atoms with van der Waals surface area (Å²) in [6.45, 7) is 4.97. The summed E-state index contributed by atoms with van der Waals surface area (Å²) in [6.07, 6.45) is 20.9. The van der Waals surface area contributed by atoms with Crippen LogP contribution in [0.25, 0.3) is 0 Å². The van der Waals surface area contributed by atoms with Gasteiger partial charge in [-0.05, 0) is 25.5 Å². The van der Waals surface area contributed by atoms with E-state index in [1.54, 1.807) is 12.1 Å². The average Bonchev–Trinajstić information content (AvgIpc) is 2.83. The molecular formula is C29H52O5S. The predicted molar refractivity (Wildman–Crippen MR) is 145 cm³/mol. The molecule has 0 saturated heterocycles. The van der Waals surface area contributed by atoms with Gasteiger partial charge in [-0.3, -0.25) is 4.18 Å². The molecule has 0 heterocycles. The van der Waals surface area contributed by atoms with E-state index in [1.165, 1.54) is 102 Å². The standard InChI is InChI=1S/C29H52O5S/c1-3-4-5-6-7-8-9-10-11-12-13-14-15-16-17-18-24-33-26-28(30)23-25-34-35(31,32)29-21-19-27(2)20-22-29/h19-22,28,30H,3-18,23-26H2,1-2H3. The number of hydrogen-bond acceptors (Lipinski definition) is 5. The van der Waals surface area contributed by atoms with Crippen molar-refractivity contribution in [1.82, 2.24) is 0 Å². The quantitative estimate of drug-likeness (QED) is 0.113. The van der Waals surface area contributed by atoms with Crippen LogP contribution in [-0.4, -0.2) is 39.4 Å². The second-order valence-electron chi connectivity index (χ2n) is 9.91. The van der Waals surface area contributed by atoms with Crippen molar-refractivity contribution in [2.45, 2.75) is 134 Å². The molecule has 0 radical (unpaired) electrons. The summed E-state index contributed by atoms with van der Waals surface area (Å²) in [5.74, 6) is 0. The second kappa shape index (κ2) is 21.2. The molecule has 1 N–H and O–H groups in total. The zero-order chi connectivity index (χ0) is 25.6. The lowest BCUT2D eigenvalue weighted by molar-refractivity contribution is 0.0249. The Balaban J connectivity index is 1.85. The third-order valence-corrected chi connectivity index (χ3v) is 7.78. The van der Waals surface area contributed by atoms with Crippen LogP contribution >= 0.6 is 0 Å². The molecule has 6 heteroatoms. The van der Waals surface area contributed by atoms with Crippen LogP contribution in [0.4, 0.5) is 0 Å². The molecule has 1 unspecified atom stereocenters. The Kier molecular flexibility index (Phi) is 19.4.